The van der Waals surface area contributed by atoms with Crippen molar-refractivity contribution in [3.8, 4) is 22.9 Å². The molecule has 3 rings (SSSR count). The van der Waals surface area contributed by atoms with Crippen LogP contribution in [0, 0.1) is 0 Å². The summed E-state index contributed by atoms with van der Waals surface area (Å²) in [6, 6.07) is 13.1. The molecule has 0 saturated carbocycles. The molecule has 0 amide bonds. The summed E-state index contributed by atoms with van der Waals surface area (Å²) in [6.45, 7) is 4.42. The smallest absolute Gasteiger partial charge is 0.192 e. The van der Waals surface area contributed by atoms with Crippen LogP contribution in [0.25, 0.3) is 11.4 Å². The van der Waals surface area contributed by atoms with Crippen LogP contribution >= 0.6 is 11.8 Å². The number of carbonyl (C=O) groups is 1. The summed E-state index contributed by atoms with van der Waals surface area (Å²) in [5.74, 6) is 2.84. The normalized spacial score (nSPS) is 10.5. The highest BCUT2D eigenvalue weighted by molar-refractivity contribution is 7.98. The van der Waals surface area contributed by atoms with E-state index < -0.39 is 0 Å². The largest absolute Gasteiger partial charge is 0.497 e. The number of aldehydes is 1. The summed E-state index contributed by atoms with van der Waals surface area (Å²) in [7, 11) is 3.25. The van der Waals surface area contributed by atoms with Crippen molar-refractivity contribution in [2.45, 2.75) is 17.5 Å². The lowest BCUT2D eigenvalue weighted by Gasteiger charge is -2.10. The molecule has 6 nitrogen and oxygen atoms in total. The molecule has 144 valence electrons. The van der Waals surface area contributed by atoms with Crippen molar-refractivity contribution in [3.63, 3.8) is 0 Å². The van der Waals surface area contributed by atoms with Gasteiger partial charge in [-0.05, 0) is 30.3 Å². The molecule has 0 fully saturated rings. The SMILES string of the molecule is C=CCn1c(SCc2cc(C=O)ccc2OC)nnc1-c1cccc(OC)c1. The van der Waals surface area contributed by atoms with Crippen molar-refractivity contribution in [3.05, 3.63) is 66.2 Å². The van der Waals surface area contributed by atoms with E-state index in [-0.39, 0.29) is 0 Å². The lowest BCUT2D eigenvalue weighted by molar-refractivity contribution is 0.112. The van der Waals surface area contributed by atoms with E-state index >= 15 is 0 Å². The predicted octanol–water partition coefficient (Wildman–Crippen LogP) is 4.25. The number of benzene rings is 2. The zero-order chi connectivity index (χ0) is 19.9. The molecule has 3 aromatic rings. The quantitative estimate of drug-likeness (QED) is 0.306. The lowest BCUT2D eigenvalue weighted by Crippen LogP contribution is -2.01. The number of ether oxygens (including phenoxy) is 2. The third-order valence-electron chi connectivity index (χ3n) is 4.15. The maximum atomic E-state index is 11.1. The van der Waals surface area contributed by atoms with Crippen molar-refractivity contribution in [1.82, 2.24) is 14.8 Å². The van der Waals surface area contributed by atoms with Gasteiger partial charge >= 0.3 is 0 Å². The molecule has 0 aliphatic heterocycles. The maximum Gasteiger partial charge on any atom is 0.192 e. The van der Waals surface area contributed by atoms with E-state index in [1.807, 2.05) is 41.0 Å². The molecule has 0 saturated heterocycles. The molecule has 1 aromatic heterocycles. The fourth-order valence-corrected chi connectivity index (χ4v) is 3.72. The molecule has 0 unspecified atom stereocenters. The third kappa shape index (κ3) is 4.26. The summed E-state index contributed by atoms with van der Waals surface area (Å²) >= 11 is 1.53. The van der Waals surface area contributed by atoms with Gasteiger partial charge in [0.1, 0.15) is 17.8 Å². The van der Waals surface area contributed by atoms with Gasteiger partial charge < -0.3 is 9.47 Å². The Morgan fingerprint density at radius 1 is 1.14 bits per heavy atom. The van der Waals surface area contributed by atoms with Gasteiger partial charge in [0.15, 0.2) is 11.0 Å². The number of hydrogen-bond donors (Lipinski definition) is 0. The fraction of sp³-hybridized carbons (Fsp3) is 0.190. The molecule has 1 heterocycles. The number of rotatable bonds is 9. The van der Waals surface area contributed by atoms with Gasteiger partial charge in [0.25, 0.3) is 0 Å². The van der Waals surface area contributed by atoms with Crippen LogP contribution in [0.5, 0.6) is 11.5 Å². The second kappa shape index (κ2) is 9.23. The second-order valence-corrected chi connectivity index (χ2v) is 6.86. The molecule has 7 heteroatoms. The van der Waals surface area contributed by atoms with Crippen LogP contribution in [-0.4, -0.2) is 35.3 Å². The van der Waals surface area contributed by atoms with Gasteiger partial charge in [-0.25, -0.2) is 0 Å². The van der Waals surface area contributed by atoms with Crippen molar-refractivity contribution in [1.29, 1.82) is 0 Å². The van der Waals surface area contributed by atoms with Crippen LogP contribution in [-0.2, 0) is 12.3 Å². The standard InChI is InChI=1S/C21H21N3O3S/c1-4-10-24-20(16-6-5-7-18(12-16)26-2)22-23-21(24)28-14-17-11-15(13-25)8-9-19(17)27-3/h4-9,11-13H,1,10,14H2,2-3H3. The summed E-state index contributed by atoms with van der Waals surface area (Å²) in [4.78, 5) is 11.1. The number of allylic oxidation sites excluding steroid dienone is 1. The van der Waals surface area contributed by atoms with E-state index in [4.69, 9.17) is 9.47 Å². The Morgan fingerprint density at radius 2 is 2.00 bits per heavy atom. The van der Waals surface area contributed by atoms with E-state index in [1.54, 1.807) is 26.4 Å². The van der Waals surface area contributed by atoms with Crippen LogP contribution in [0.3, 0.4) is 0 Å². The highest BCUT2D eigenvalue weighted by atomic mass is 32.2. The van der Waals surface area contributed by atoms with Gasteiger partial charge in [0, 0.05) is 29.0 Å². The Kier molecular flexibility index (Phi) is 6.49. The Labute approximate surface area is 168 Å². The first-order valence-corrected chi connectivity index (χ1v) is 9.62. The first-order valence-electron chi connectivity index (χ1n) is 8.63. The zero-order valence-corrected chi connectivity index (χ0v) is 16.6. The Bertz CT molecular complexity index is 985. The number of methoxy groups -OCH3 is 2. The molecule has 0 aliphatic rings. The Hall–Kier alpha value is -3.06. The summed E-state index contributed by atoms with van der Waals surface area (Å²) in [6.07, 6.45) is 2.64. The highest BCUT2D eigenvalue weighted by Crippen LogP contribution is 2.31. The predicted molar refractivity (Wildman–Crippen MR) is 110 cm³/mol. The van der Waals surface area contributed by atoms with E-state index in [9.17, 15) is 4.79 Å². The monoisotopic (exact) mass is 395 g/mol. The average Bonchev–Trinajstić information content (AvgIpc) is 3.14. The molecule has 0 spiro atoms. The minimum Gasteiger partial charge on any atom is -0.497 e. The molecular weight excluding hydrogens is 374 g/mol. The van der Waals surface area contributed by atoms with Crippen molar-refractivity contribution >= 4 is 18.0 Å². The van der Waals surface area contributed by atoms with Gasteiger partial charge in [0.2, 0.25) is 0 Å². The molecule has 0 aliphatic carbocycles. The number of carbonyl (C=O) groups excluding carboxylic acids is 1. The highest BCUT2D eigenvalue weighted by Gasteiger charge is 2.15. The molecule has 0 atom stereocenters. The molecule has 2 aromatic carbocycles. The second-order valence-electron chi connectivity index (χ2n) is 5.92. The van der Waals surface area contributed by atoms with Crippen molar-refractivity contribution in [2.24, 2.45) is 0 Å². The van der Waals surface area contributed by atoms with Crippen LogP contribution in [0.4, 0.5) is 0 Å². The molecule has 0 radical (unpaired) electrons. The summed E-state index contributed by atoms with van der Waals surface area (Å²) in [5, 5.41) is 9.49. The van der Waals surface area contributed by atoms with E-state index in [0.717, 1.165) is 39.9 Å². The third-order valence-corrected chi connectivity index (χ3v) is 5.17. The number of hydrogen-bond acceptors (Lipinski definition) is 6. The summed E-state index contributed by atoms with van der Waals surface area (Å²) in [5.41, 5.74) is 2.45. The van der Waals surface area contributed by atoms with E-state index in [1.165, 1.54) is 11.8 Å². The number of thioether (sulfide) groups is 1. The van der Waals surface area contributed by atoms with Gasteiger partial charge in [-0.15, -0.1) is 16.8 Å². The van der Waals surface area contributed by atoms with Crippen LogP contribution in [0.2, 0.25) is 0 Å². The lowest BCUT2D eigenvalue weighted by atomic mass is 10.1. The summed E-state index contributed by atoms with van der Waals surface area (Å²) < 4.78 is 12.7. The topological polar surface area (TPSA) is 66.2 Å². The van der Waals surface area contributed by atoms with Crippen molar-refractivity contribution < 1.29 is 14.3 Å². The van der Waals surface area contributed by atoms with E-state index in [2.05, 4.69) is 16.8 Å². The van der Waals surface area contributed by atoms with Crippen LogP contribution in [0.1, 0.15) is 15.9 Å². The van der Waals surface area contributed by atoms with Gasteiger partial charge in [-0.1, -0.05) is 30.0 Å². The van der Waals surface area contributed by atoms with Crippen LogP contribution < -0.4 is 9.47 Å². The van der Waals surface area contributed by atoms with Gasteiger partial charge in [-0.3, -0.25) is 9.36 Å². The number of nitrogens with zero attached hydrogens (tertiary/aromatic N) is 3. The van der Waals surface area contributed by atoms with Gasteiger partial charge in [-0.2, -0.15) is 0 Å². The first-order chi connectivity index (χ1) is 13.7. The first kappa shape index (κ1) is 19.7. The molecule has 0 bridgehead atoms. The average molecular weight is 395 g/mol. The maximum absolute atomic E-state index is 11.1. The zero-order valence-electron chi connectivity index (χ0n) is 15.8. The van der Waals surface area contributed by atoms with Crippen molar-refractivity contribution in [2.75, 3.05) is 14.2 Å². The Morgan fingerprint density at radius 3 is 2.71 bits per heavy atom. The van der Waals surface area contributed by atoms with Crippen LogP contribution in [0.15, 0.2) is 60.3 Å². The fourth-order valence-electron chi connectivity index (χ4n) is 2.79. The molecule has 28 heavy (non-hydrogen) atoms. The molecule has 0 N–H and O–H groups in total. The van der Waals surface area contributed by atoms with E-state index in [0.29, 0.717) is 17.9 Å². The molecular formula is C21H21N3O3S. The number of aromatic nitrogens is 3. The minimum absolute atomic E-state index is 0.577. The minimum atomic E-state index is 0.577. The Balaban J connectivity index is 1.90. The van der Waals surface area contributed by atoms with Gasteiger partial charge in [0.05, 0.1) is 14.2 Å².